The number of rotatable bonds is 0. The Balaban J connectivity index is 2.27. The Kier molecular flexibility index (Phi) is 2.16. The van der Waals surface area contributed by atoms with Crippen LogP contribution in [0.4, 0.5) is 0 Å². The van der Waals surface area contributed by atoms with E-state index < -0.39 is 0 Å². The van der Waals surface area contributed by atoms with Gasteiger partial charge in [0.15, 0.2) is 0 Å². The first-order chi connectivity index (χ1) is 6.06. The van der Waals surface area contributed by atoms with Crippen molar-refractivity contribution in [1.29, 1.82) is 0 Å². The molecule has 0 aromatic carbocycles. The Morgan fingerprint density at radius 1 is 1.31 bits per heavy atom. The van der Waals surface area contributed by atoms with Crippen molar-refractivity contribution in [1.82, 2.24) is 4.90 Å². The van der Waals surface area contributed by atoms with Crippen LogP contribution >= 0.6 is 0 Å². The summed E-state index contributed by atoms with van der Waals surface area (Å²) >= 11 is 0. The molecular weight excluding hydrogens is 162 g/mol. The summed E-state index contributed by atoms with van der Waals surface area (Å²) < 4.78 is 5.63. The summed E-state index contributed by atoms with van der Waals surface area (Å²) in [6.45, 7) is 8.96. The molecule has 0 aromatic heterocycles. The largest absolute Gasteiger partial charge is 0.381 e. The lowest BCUT2D eigenvalue weighted by molar-refractivity contribution is -0.0654. The Morgan fingerprint density at radius 3 is 2.62 bits per heavy atom. The molecule has 2 rings (SSSR count). The van der Waals surface area contributed by atoms with E-state index >= 15 is 0 Å². The van der Waals surface area contributed by atoms with Crippen molar-refractivity contribution in [3.63, 3.8) is 0 Å². The van der Waals surface area contributed by atoms with E-state index in [4.69, 9.17) is 4.74 Å². The lowest BCUT2D eigenvalue weighted by Crippen LogP contribution is -2.54. The lowest BCUT2D eigenvalue weighted by atomic mass is 9.76. The minimum atomic E-state index is 0.387. The smallest absolute Gasteiger partial charge is 0.0512 e. The predicted molar refractivity (Wildman–Crippen MR) is 53.7 cm³/mol. The van der Waals surface area contributed by atoms with Crippen LogP contribution in [-0.2, 0) is 4.74 Å². The van der Waals surface area contributed by atoms with E-state index in [0.717, 1.165) is 25.2 Å². The van der Waals surface area contributed by atoms with Crippen LogP contribution in [0.3, 0.4) is 0 Å². The standard InChI is InChI=1S/C11H21NO/c1-8-6-13-7-10-5-9(2)12(4)11(8,10)3/h8-10H,5-7H2,1-4H3/t8?,9-,10?,11+/m1/s1. The maximum atomic E-state index is 5.63. The molecule has 2 heterocycles. The highest BCUT2D eigenvalue weighted by Crippen LogP contribution is 2.45. The summed E-state index contributed by atoms with van der Waals surface area (Å²) in [6, 6.07) is 0.721. The third kappa shape index (κ3) is 1.15. The first-order valence-electron chi connectivity index (χ1n) is 5.37. The first-order valence-corrected chi connectivity index (χ1v) is 5.37. The minimum absolute atomic E-state index is 0.387. The average Bonchev–Trinajstić information content (AvgIpc) is 2.31. The number of hydrogen-bond acceptors (Lipinski definition) is 2. The summed E-state index contributed by atoms with van der Waals surface area (Å²) in [6.07, 6.45) is 1.30. The number of fused-ring (bicyclic) bond motifs is 1. The van der Waals surface area contributed by atoms with E-state index in [1.807, 2.05) is 0 Å². The van der Waals surface area contributed by atoms with Crippen LogP contribution in [0.1, 0.15) is 27.2 Å². The summed E-state index contributed by atoms with van der Waals surface area (Å²) in [5, 5.41) is 0. The molecule has 13 heavy (non-hydrogen) atoms. The van der Waals surface area contributed by atoms with Crippen LogP contribution in [0.25, 0.3) is 0 Å². The molecule has 2 unspecified atom stereocenters. The normalized spacial score (nSPS) is 52.2. The monoisotopic (exact) mass is 183 g/mol. The molecule has 0 aromatic rings. The van der Waals surface area contributed by atoms with Gasteiger partial charge in [-0.15, -0.1) is 0 Å². The number of hydrogen-bond donors (Lipinski definition) is 0. The van der Waals surface area contributed by atoms with Crippen molar-refractivity contribution < 1.29 is 4.74 Å². The van der Waals surface area contributed by atoms with Crippen molar-refractivity contribution in [3.05, 3.63) is 0 Å². The predicted octanol–water partition coefficient (Wildman–Crippen LogP) is 1.75. The van der Waals surface area contributed by atoms with Crippen molar-refractivity contribution in [2.24, 2.45) is 11.8 Å². The molecule has 2 saturated heterocycles. The lowest BCUT2D eigenvalue weighted by Gasteiger charge is -2.46. The van der Waals surface area contributed by atoms with Crippen molar-refractivity contribution in [3.8, 4) is 0 Å². The van der Waals surface area contributed by atoms with Crippen molar-refractivity contribution >= 4 is 0 Å². The molecule has 0 radical (unpaired) electrons. The molecule has 2 aliphatic rings. The van der Waals surface area contributed by atoms with Gasteiger partial charge in [-0.05, 0) is 33.2 Å². The third-order valence-corrected chi connectivity index (χ3v) is 4.56. The summed E-state index contributed by atoms with van der Waals surface area (Å²) in [5.74, 6) is 1.41. The Bertz CT molecular complexity index is 206. The van der Waals surface area contributed by atoms with Gasteiger partial charge in [0.2, 0.25) is 0 Å². The van der Waals surface area contributed by atoms with Gasteiger partial charge >= 0.3 is 0 Å². The van der Waals surface area contributed by atoms with Gasteiger partial charge in [0.05, 0.1) is 13.2 Å². The highest BCUT2D eigenvalue weighted by Gasteiger charge is 2.51. The third-order valence-electron chi connectivity index (χ3n) is 4.56. The van der Waals surface area contributed by atoms with Crippen LogP contribution in [0, 0.1) is 11.8 Å². The Hall–Kier alpha value is -0.0800. The molecule has 4 atom stereocenters. The van der Waals surface area contributed by atoms with Crippen LogP contribution in [-0.4, -0.2) is 36.7 Å². The highest BCUT2D eigenvalue weighted by molar-refractivity contribution is 5.05. The van der Waals surface area contributed by atoms with Gasteiger partial charge < -0.3 is 4.74 Å². The minimum Gasteiger partial charge on any atom is -0.381 e. The van der Waals surface area contributed by atoms with E-state index in [1.54, 1.807) is 0 Å². The fraction of sp³-hybridized carbons (Fsp3) is 1.00. The van der Waals surface area contributed by atoms with E-state index in [2.05, 4.69) is 32.7 Å². The van der Waals surface area contributed by atoms with Gasteiger partial charge in [-0.25, -0.2) is 0 Å². The van der Waals surface area contributed by atoms with E-state index in [-0.39, 0.29) is 0 Å². The molecule has 2 fully saturated rings. The summed E-state index contributed by atoms with van der Waals surface area (Å²) in [5.41, 5.74) is 0.387. The number of ether oxygens (including phenoxy) is 1. The fourth-order valence-electron chi connectivity index (χ4n) is 3.11. The quantitative estimate of drug-likeness (QED) is 0.567. The first kappa shape index (κ1) is 9.47. The van der Waals surface area contributed by atoms with Crippen LogP contribution in [0.2, 0.25) is 0 Å². The van der Waals surface area contributed by atoms with E-state index in [9.17, 15) is 0 Å². The Morgan fingerprint density at radius 2 is 2.00 bits per heavy atom. The molecule has 2 nitrogen and oxygen atoms in total. The van der Waals surface area contributed by atoms with Crippen LogP contribution in [0.15, 0.2) is 0 Å². The second-order valence-corrected chi connectivity index (χ2v) is 5.06. The molecule has 0 amide bonds. The molecule has 2 aliphatic heterocycles. The molecular formula is C11H21NO. The molecule has 0 bridgehead atoms. The van der Waals surface area contributed by atoms with Crippen molar-refractivity contribution in [2.75, 3.05) is 20.3 Å². The van der Waals surface area contributed by atoms with Gasteiger partial charge in [-0.2, -0.15) is 0 Å². The van der Waals surface area contributed by atoms with Gasteiger partial charge in [0.1, 0.15) is 0 Å². The number of likely N-dealkylation sites (tertiary alicyclic amines) is 1. The maximum absolute atomic E-state index is 5.63. The molecule has 0 spiro atoms. The second kappa shape index (κ2) is 2.96. The van der Waals surface area contributed by atoms with Crippen LogP contribution in [0.5, 0.6) is 0 Å². The van der Waals surface area contributed by atoms with Crippen LogP contribution < -0.4 is 0 Å². The van der Waals surface area contributed by atoms with Gasteiger partial charge in [0, 0.05) is 17.5 Å². The average molecular weight is 183 g/mol. The van der Waals surface area contributed by atoms with Gasteiger partial charge in [-0.1, -0.05) is 6.92 Å². The zero-order valence-corrected chi connectivity index (χ0v) is 9.21. The topological polar surface area (TPSA) is 12.5 Å². The second-order valence-electron chi connectivity index (χ2n) is 5.06. The fourth-order valence-corrected chi connectivity index (χ4v) is 3.11. The zero-order chi connectivity index (χ0) is 9.64. The summed E-state index contributed by atoms with van der Waals surface area (Å²) in [7, 11) is 2.27. The number of nitrogens with zero attached hydrogens (tertiary/aromatic N) is 1. The van der Waals surface area contributed by atoms with Gasteiger partial charge in [-0.3, -0.25) is 4.90 Å². The van der Waals surface area contributed by atoms with E-state index in [0.29, 0.717) is 11.5 Å². The van der Waals surface area contributed by atoms with Gasteiger partial charge in [0.25, 0.3) is 0 Å². The zero-order valence-electron chi connectivity index (χ0n) is 9.21. The molecule has 76 valence electrons. The van der Waals surface area contributed by atoms with E-state index in [1.165, 1.54) is 6.42 Å². The molecule has 0 saturated carbocycles. The SMILES string of the molecule is CC1COCC2C[C@@H](C)N(C)[C@@]12C. The molecule has 0 N–H and O–H groups in total. The molecule has 0 aliphatic carbocycles. The maximum Gasteiger partial charge on any atom is 0.0512 e. The highest BCUT2D eigenvalue weighted by atomic mass is 16.5. The summed E-state index contributed by atoms with van der Waals surface area (Å²) in [4.78, 5) is 2.56. The van der Waals surface area contributed by atoms with Crippen molar-refractivity contribution in [2.45, 2.75) is 38.8 Å². The molecule has 2 heteroatoms. The Labute approximate surface area is 81.3 Å².